The Hall–Kier alpha value is -0.560. The van der Waals surface area contributed by atoms with E-state index in [4.69, 9.17) is 0 Å². The zero-order valence-electron chi connectivity index (χ0n) is 11.7. The molecule has 0 aromatic rings. The largest absolute Gasteiger partial charge is 0.393 e. The topological polar surface area (TPSA) is 20.2 Å². The second-order valence-corrected chi connectivity index (χ2v) is 4.73. The zero-order valence-corrected chi connectivity index (χ0v) is 11.7. The van der Waals surface area contributed by atoms with Crippen LogP contribution in [0, 0.1) is 0 Å². The molecule has 1 unspecified atom stereocenters. The van der Waals surface area contributed by atoms with Gasteiger partial charge in [-0.15, -0.1) is 0 Å². The molecular formula is C16H30O. The number of hydrogen-bond acceptors (Lipinski definition) is 1. The van der Waals surface area contributed by atoms with Crippen LogP contribution < -0.4 is 0 Å². The van der Waals surface area contributed by atoms with E-state index in [0.29, 0.717) is 0 Å². The first-order valence-electron chi connectivity index (χ1n) is 7.31. The predicted molar refractivity (Wildman–Crippen MR) is 77.2 cm³/mol. The van der Waals surface area contributed by atoms with Gasteiger partial charge >= 0.3 is 0 Å². The Morgan fingerprint density at radius 1 is 0.824 bits per heavy atom. The normalized spacial score (nSPS) is 13.8. The summed E-state index contributed by atoms with van der Waals surface area (Å²) in [6.07, 6.45) is 18.8. The zero-order chi connectivity index (χ0) is 12.8. The Morgan fingerprint density at radius 2 is 1.47 bits per heavy atom. The molecule has 0 aliphatic rings. The van der Waals surface area contributed by atoms with Crippen molar-refractivity contribution >= 4 is 0 Å². The van der Waals surface area contributed by atoms with Crippen molar-refractivity contribution in [3.05, 3.63) is 24.3 Å². The van der Waals surface area contributed by atoms with Gasteiger partial charge in [0.25, 0.3) is 0 Å². The lowest BCUT2D eigenvalue weighted by atomic mass is 10.1. The van der Waals surface area contributed by atoms with Crippen LogP contribution in [-0.4, -0.2) is 11.2 Å². The van der Waals surface area contributed by atoms with Gasteiger partial charge in [-0.1, -0.05) is 63.8 Å². The minimum Gasteiger partial charge on any atom is -0.393 e. The lowest BCUT2D eigenvalue weighted by molar-refractivity contribution is 0.148. The van der Waals surface area contributed by atoms with Crippen LogP contribution in [-0.2, 0) is 0 Å². The maximum Gasteiger partial charge on any atom is 0.0540 e. The average molecular weight is 238 g/mol. The number of hydrogen-bond donors (Lipinski definition) is 1. The molecule has 100 valence electrons. The molecule has 17 heavy (non-hydrogen) atoms. The van der Waals surface area contributed by atoms with Crippen LogP contribution in [0.5, 0.6) is 0 Å². The van der Waals surface area contributed by atoms with Gasteiger partial charge < -0.3 is 5.11 Å². The van der Waals surface area contributed by atoms with E-state index in [0.717, 1.165) is 32.1 Å². The van der Waals surface area contributed by atoms with Gasteiger partial charge in [-0.05, 0) is 32.1 Å². The van der Waals surface area contributed by atoms with Crippen molar-refractivity contribution in [3.63, 3.8) is 0 Å². The molecule has 0 amide bonds. The summed E-state index contributed by atoms with van der Waals surface area (Å²) in [7, 11) is 0. The number of allylic oxidation sites excluding steroid dienone is 4. The highest BCUT2D eigenvalue weighted by atomic mass is 16.3. The van der Waals surface area contributed by atoms with Crippen LogP contribution in [0.3, 0.4) is 0 Å². The molecule has 0 heterocycles. The minimum atomic E-state index is -0.0663. The first-order valence-corrected chi connectivity index (χ1v) is 7.31. The summed E-state index contributed by atoms with van der Waals surface area (Å²) in [6, 6.07) is 0. The number of rotatable bonds is 11. The fourth-order valence-corrected chi connectivity index (χ4v) is 1.74. The van der Waals surface area contributed by atoms with Crippen molar-refractivity contribution in [2.45, 2.75) is 77.7 Å². The molecule has 0 fully saturated rings. The molecule has 0 aromatic heterocycles. The first kappa shape index (κ1) is 16.4. The molecule has 0 radical (unpaired) electrons. The summed E-state index contributed by atoms with van der Waals surface area (Å²) in [5.41, 5.74) is 0. The van der Waals surface area contributed by atoms with E-state index < -0.39 is 0 Å². The second-order valence-electron chi connectivity index (χ2n) is 4.73. The molecule has 0 aromatic carbocycles. The van der Waals surface area contributed by atoms with Crippen LogP contribution in [0.4, 0.5) is 0 Å². The standard InChI is InChI=1S/C16H30O/c1-3-5-7-8-9-10-11-12-13-15-16(17)14-6-4-2/h7-10,16-17H,3-6,11-15H2,1-2H3/b8-7?,10-9-. The first-order chi connectivity index (χ1) is 8.31. The Kier molecular flexibility index (Phi) is 13.1. The lowest BCUT2D eigenvalue weighted by Crippen LogP contribution is -2.05. The van der Waals surface area contributed by atoms with Crippen molar-refractivity contribution in [1.82, 2.24) is 0 Å². The summed E-state index contributed by atoms with van der Waals surface area (Å²) in [4.78, 5) is 0. The predicted octanol–water partition coefficient (Wildman–Crippen LogP) is 5.01. The van der Waals surface area contributed by atoms with Gasteiger partial charge in [0.1, 0.15) is 0 Å². The van der Waals surface area contributed by atoms with E-state index in [2.05, 4.69) is 38.2 Å². The maximum atomic E-state index is 9.65. The summed E-state index contributed by atoms with van der Waals surface area (Å²) < 4.78 is 0. The Labute approximate surface area is 108 Å². The molecule has 1 atom stereocenters. The van der Waals surface area contributed by atoms with Gasteiger partial charge in [0.15, 0.2) is 0 Å². The van der Waals surface area contributed by atoms with Gasteiger partial charge in [0.05, 0.1) is 6.10 Å². The molecule has 1 N–H and O–H groups in total. The Morgan fingerprint density at radius 3 is 2.12 bits per heavy atom. The molecule has 1 nitrogen and oxygen atoms in total. The molecule has 0 saturated heterocycles. The quantitative estimate of drug-likeness (QED) is 0.396. The highest BCUT2D eigenvalue weighted by Crippen LogP contribution is 2.09. The van der Waals surface area contributed by atoms with Crippen LogP contribution in [0.15, 0.2) is 24.3 Å². The lowest BCUT2D eigenvalue weighted by Gasteiger charge is -2.08. The third-order valence-electron chi connectivity index (χ3n) is 2.89. The van der Waals surface area contributed by atoms with Crippen LogP contribution in [0.2, 0.25) is 0 Å². The van der Waals surface area contributed by atoms with Gasteiger partial charge in [-0.2, -0.15) is 0 Å². The number of aliphatic hydroxyl groups excluding tert-OH is 1. The van der Waals surface area contributed by atoms with Crippen LogP contribution >= 0.6 is 0 Å². The van der Waals surface area contributed by atoms with E-state index >= 15 is 0 Å². The van der Waals surface area contributed by atoms with E-state index in [1.165, 1.54) is 25.7 Å². The van der Waals surface area contributed by atoms with E-state index in [1.807, 2.05) is 0 Å². The Bertz CT molecular complexity index is 194. The molecule has 0 aliphatic carbocycles. The molecule has 0 spiro atoms. The van der Waals surface area contributed by atoms with Crippen molar-refractivity contribution < 1.29 is 5.11 Å². The third-order valence-corrected chi connectivity index (χ3v) is 2.89. The van der Waals surface area contributed by atoms with E-state index in [-0.39, 0.29) is 6.10 Å². The van der Waals surface area contributed by atoms with E-state index in [9.17, 15) is 5.11 Å². The third kappa shape index (κ3) is 13.4. The minimum absolute atomic E-state index is 0.0663. The number of unbranched alkanes of at least 4 members (excludes halogenated alkanes) is 4. The van der Waals surface area contributed by atoms with Gasteiger partial charge in [0.2, 0.25) is 0 Å². The smallest absolute Gasteiger partial charge is 0.0540 e. The van der Waals surface area contributed by atoms with Crippen molar-refractivity contribution in [2.75, 3.05) is 0 Å². The van der Waals surface area contributed by atoms with Crippen molar-refractivity contribution in [1.29, 1.82) is 0 Å². The highest BCUT2D eigenvalue weighted by Gasteiger charge is 2.01. The summed E-state index contributed by atoms with van der Waals surface area (Å²) in [5.74, 6) is 0. The maximum absolute atomic E-state index is 9.65. The monoisotopic (exact) mass is 238 g/mol. The van der Waals surface area contributed by atoms with Crippen LogP contribution in [0.25, 0.3) is 0 Å². The van der Waals surface area contributed by atoms with Crippen molar-refractivity contribution in [3.8, 4) is 0 Å². The molecule has 1 heteroatoms. The SMILES string of the molecule is CCCC=C/C=C\CCCCC(O)CCCC. The van der Waals surface area contributed by atoms with Crippen molar-refractivity contribution in [2.24, 2.45) is 0 Å². The molecule has 0 saturated carbocycles. The average Bonchev–Trinajstić information content (AvgIpc) is 2.34. The fourth-order valence-electron chi connectivity index (χ4n) is 1.74. The second kappa shape index (κ2) is 13.5. The number of aliphatic hydroxyl groups is 1. The summed E-state index contributed by atoms with van der Waals surface area (Å²) in [5, 5.41) is 9.65. The summed E-state index contributed by atoms with van der Waals surface area (Å²) >= 11 is 0. The van der Waals surface area contributed by atoms with E-state index in [1.54, 1.807) is 0 Å². The molecular weight excluding hydrogens is 208 g/mol. The summed E-state index contributed by atoms with van der Waals surface area (Å²) in [6.45, 7) is 4.36. The molecule has 0 rings (SSSR count). The van der Waals surface area contributed by atoms with Crippen LogP contribution in [0.1, 0.15) is 71.6 Å². The van der Waals surface area contributed by atoms with Gasteiger partial charge in [0, 0.05) is 0 Å². The molecule has 0 bridgehead atoms. The molecule has 0 aliphatic heterocycles. The Balaban J connectivity index is 3.27. The van der Waals surface area contributed by atoms with Gasteiger partial charge in [-0.25, -0.2) is 0 Å². The van der Waals surface area contributed by atoms with Gasteiger partial charge in [-0.3, -0.25) is 0 Å². The fraction of sp³-hybridized carbons (Fsp3) is 0.750. The highest BCUT2D eigenvalue weighted by molar-refractivity contribution is 5.02.